The SMILES string of the molecule is CCCn1cc(CCC(C)C)n(Cc2ccc(-c3ccccc3-c3nn[nH]n3)cc2)c1=O. The Kier molecular flexibility index (Phi) is 6.63. The molecule has 0 amide bonds. The van der Waals surface area contributed by atoms with Gasteiger partial charge in [0, 0.05) is 24.0 Å². The van der Waals surface area contributed by atoms with E-state index in [1.807, 2.05) is 33.5 Å². The summed E-state index contributed by atoms with van der Waals surface area (Å²) in [7, 11) is 0. The second-order valence-electron chi connectivity index (χ2n) is 8.59. The van der Waals surface area contributed by atoms with Gasteiger partial charge in [-0.25, -0.2) is 4.79 Å². The van der Waals surface area contributed by atoms with Crippen LogP contribution in [0.3, 0.4) is 0 Å². The molecule has 0 aliphatic rings. The van der Waals surface area contributed by atoms with Crippen molar-refractivity contribution in [3.63, 3.8) is 0 Å². The summed E-state index contributed by atoms with van der Waals surface area (Å²) >= 11 is 0. The van der Waals surface area contributed by atoms with Gasteiger partial charge < -0.3 is 0 Å². The first-order valence-electron chi connectivity index (χ1n) is 11.3. The maximum Gasteiger partial charge on any atom is 0.328 e. The number of aryl methyl sites for hydroxylation is 2. The lowest BCUT2D eigenvalue weighted by atomic mass is 9.98. The third-order valence-electron chi connectivity index (χ3n) is 5.69. The van der Waals surface area contributed by atoms with E-state index in [4.69, 9.17) is 0 Å². The molecule has 0 spiro atoms. The molecule has 0 fully saturated rings. The molecule has 4 rings (SSSR count). The summed E-state index contributed by atoms with van der Waals surface area (Å²) in [4.78, 5) is 13.0. The van der Waals surface area contributed by atoms with Crippen molar-refractivity contribution in [3.05, 3.63) is 76.5 Å². The van der Waals surface area contributed by atoms with E-state index in [1.54, 1.807) is 0 Å². The zero-order valence-corrected chi connectivity index (χ0v) is 19.0. The minimum Gasteiger partial charge on any atom is -0.299 e. The highest BCUT2D eigenvalue weighted by Crippen LogP contribution is 2.29. The molecule has 0 saturated heterocycles. The normalized spacial score (nSPS) is 11.4. The molecule has 2 aromatic heterocycles. The number of H-pyrrole nitrogens is 1. The first kappa shape index (κ1) is 21.7. The highest BCUT2D eigenvalue weighted by atomic mass is 16.1. The molecule has 0 radical (unpaired) electrons. The Bertz CT molecular complexity index is 1200. The van der Waals surface area contributed by atoms with Crippen LogP contribution < -0.4 is 5.69 Å². The van der Waals surface area contributed by atoms with E-state index < -0.39 is 0 Å². The van der Waals surface area contributed by atoms with Gasteiger partial charge in [0.1, 0.15) is 0 Å². The number of rotatable bonds is 9. The predicted molar refractivity (Wildman–Crippen MR) is 126 cm³/mol. The van der Waals surface area contributed by atoms with Gasteiger partial charge >= 0.3 is 5.69 Å². The Morgan fingerprint density at radius 2 is 1.78 bits per heavy atom. The Hall–Kier alpha value is -3.48. The molecule has 0 aliphatic carbocycles. The molecular formula is C25H30N6O. The van der Waals surface area contributed by atoms with Gasteiger partial charge in [0.2, 0.25) is 5.82 Å². The van der Waals surface area contributed by atoms with Crippen molar-refractivity contribution < 1.29 is 0 Å². The number of nitrogens with zero attached hydrogens (tertiary/aromatic N) is 5. The second kappa shape index (κ2) is 9.77. The quantitative estimate of drug-likeness (QED) is 0.423. The summed E-state index contributed by atoms with van der Waals surface area (Å²) in [6, 6.07) is 16.4. The van der Waals surface area contributed by atoms with Crippen molar-refractivity contribution in [1.29, 1.82) is 0 Å². The molecule has 7 heteroatoms. The van der Waals surface area contributed by atoms with Crippen LogP contribution in [0.15, 0.2) is 59.5 Å². The monoisotopic (exact) mass is 430 g/mol. The average molecular weight is 431 g/mol. The lowest BCUT2D eigenvalue weighted by molar-refractivity contribution is 0.564. The van der Waals surface area contributed by atoms with E-state index in [-0.39, 0.29) is 5.69 Å². The van der Waals surface area contributed by atoms with Crippen LogP contribution in [0.25, 0.3) is 22.5 Å². The standard InChI is InChI=1S/C25H30N6O/c1-4-15-30-17-21(14-9-18(2)3)31(25(30)32)16-19-10-12-20(13-11-19)22-7-5-6-8-23(22)24-26-28-29-27-24/h5-8,10-13,17-18H,4,9,14-16H2,1-3H3,(H,26,27,28,29). The van der Waals surface area contributed by atoms with Gasteiger partial charge in [0.05, 0.1) is 6.54 Å². The average Bonchev–Trinajstić information content (AvgIpc) is 3.43. The number of nitrogens with one attached hydrogen (secondary N) is 1. The Morgan fingerprint density at radius 1 is 1.03 bits per heavy atom. The smallest absolute Gasteiger partial charge is 0.299 e. The molecule has 32 heavy (non-hydrogen) atoms. The van der Waals surface area contributed by atoms with Gasteiger partial charge in [-0.1, -0.05) is 69.3 Å². The molecule has 0 bridgehead atoms. The number of aromatic nitrogens is 6. The molecule has 2 aromatic carbocycles. The third-order valence-corrected chi connectivity index (χ3v) is 5.69. The molecule has 4 aromatic rings. The summed E-state index contributed by atoms with van der Waals surface area (Å²) in [5.74, 6) is 1.18. The Morgan fingerprint density at radius 3 is 2.44 bits per heavy atom. The lowest BCUT2D eigenvalue weighted by Gasteiger charge is -2.11. The van der Waals surface area contributed by atoms with E-state index in [0.29, 0.717) is 18.3 Å². The molecule has 0 unspecified atom stereocenters. The van der Waals surface area contributed by atoms with Crippen LogP contribution in [0.1, 0.15) is 44.9 Å². The van der Waals surface area contributed by atoms with Gasteiger partial charge in [-0.3, -0.25) is 9.13 Å². The van der Waals surface area contributed by atoms with Crippen molar-refractivity contribution in [2.75, 3.05) is 0 Å². The fraction of sp³-hybridized carbons (Fsp3) is 0.360. The van der Waals surface area contributed by atoms with Crippen LogP contribution in [-0.4, -0.2) is 29.8 Å². The highest BCUT2D eigenvalue weighted by Gasteiger charge is 2.13. The zero-order valence-electron chi connectivity index (χ0n) is 19.0. The van der Waals surface area contributed by atoms with Crippen LogP contribution in [-0.2, 0) is 19.5 Å². The molecular weight excluding hydrogens is 400 g/mol. The molecule has 166 valence electrons. The maximum atomic E-state index is 13.0. The summed E-state index contributed by atoms with van der Waals surface area (Å²) in [6.07, 6.45) is 4.98. The zero-order chi connectivity index (χ0) is 22.5. The van der Waals surface area contributed by atoms with Gasteiger partial charge in [0.25, 0.3) is 0 Å². The van der Waals surface area contributed by atoms with E-state index >= 15 is 0 Å². The largest absolute Gasteiger partial charge is 0.328 e. The topological polar surface area (TPSA) is 81.4 Å². The molecule has 2 heterocycles. The van der Waals surface area contributed by atoms with E-state index in [1.165, 1.54) is 0 Å². The van der Waals surface area contributed by atoms with E-state index in [0.717, 1.165) is 53.8 Å². The third kappa shape index (κ3) is 4.72. The van der Waals surface area contributed by atoms with Crippen molar-refractivity contribution in [3.8, 4) is 22.5 Å². The fourth-order valence-corrected chi connectivity index (χ4v) is 3.97. The highest BCUT2D eigenvalue weighted by molar-refractivity contribution is 5.80. The van der Waals surface area contributed by atoms with Gasteiger partial charge in [-0.15, -0.1) is 10.2 Å². The number of hydrogen-bond acceptors (Lipinski definition) is 4. The lowest BCUT2D eigenvalue weighted by Crippen LogP contribution is -2.25. The van der Waals surface area contributed by atoms with Crippen molar-refractivity contribution >= 4 is 0 Å². The van der Waals surface area contributed by atoms with Gasteiger partial charge in [-0.2, -0.15) is 5.21 Å². The number of aromatic amines is 1. The van der Waals surface area contributed by atoms with E-state index in [2.05, 4.69) is 71.7 Å². The fourth-order valence-electron chi connectivity index (χ4n) is 3.97. The summed E-state index contributed by atoms with van der Waals surface area (Å²) in [5, 5.41) is 14.4. The predicted octanol–water partition coefficient (Wildman–Crippen LogP) is 4.54. The molecule has 7 nitrogen and oxygen atoms in total. The number of benzene rings is 2. The number of hydrogen-bond donors (Lipinski definition) is 1. The van der Waals surface area contributed by atoms with Crippen LogP contribution in [0.2, 0.25) is 0 Å². The second-order valence-corrected chi connectivity index (χ2v) is 8.59. The summed E-state index contributed by atoms with van der Waals surface area (Å²) in [5.41, 5.74) is 5.35. The maximum absolute atomic E-state index is 13.0. The molecule has 0 atom stereocenters. The molecule has 0 saturated carbocycles. The van der Waals surface area contributed by atoms with Crippen molar-refractivity contribution in [1.82, 2.24) is 29.8 Å². The molecule has 1 N–H and O–H groups in total. The van der Waals surface area contributed by atoms with Crippen LogP contribution in [0.5, 0.6) is 0 Å². The van der Waals surface area contributed by atoms with E-state index in [9.17, 15) is 4.79 Å². The van der Waals surface area contributed by atoms with Crippen LogP contribution >= 0.6 is 0 Å². The van der Waals surface area contributed by atoms with Crippen molar-refractivity contribution in [2.24, 2.45) is 5.92 Å². The minimum atomic E-state index is 0.0807. The number of tetrazole rings is 1. The van der Waals surface area contributed by atoms with Crippen molar-refractivity contribution in [2.45, 2.75) is 53.1 Å². The Labute approximate surface area is 188 Å². The van der Waals surface area contributed by atoms with Gasteiger partial charge in [-0.05, 0) is 47.1 Å². The summed E-state index contributed by atoms with van der Waals surface area (Å²) in [6.45, 7) is 7.87. The van der Waals surface area contributed by atoms with Crippen LogP contribution in [0.4, 0.5) is 0 Å². The molecule has 0 aliphatic heterocycles. The van der Waals surface area contributed by atoms with Gasteiger partial charge in [0.15, 0.2) is 0 Å². The first-order chi connectivity index (χ1) is 15.6. The number of imidazole rings is 1. The summed E-state index contributed by atoms with van der Waals surface area (Å²) < 4.78 is 3.78. The van der Waals surface area contributed by atoms with Crippen LogP contribution in [0, 0.1) is 5.92 Å². The Balaban J connectivity index is 1.61. The minimum absolute atomic E-state index is 0.0807. The first-order valence-corrected chi connectivity index (χ1v) is 11.3.